The molecule has 1 aliphatic heterocycles. The number of fused-ring (bicyclic) bond motifs is 1. The Hall–Kier alpha value is -4.18. The molecule has 0 bridgehead atoms. The first-order valence-electron chi connectivity index (χ1n) is 12.1. The van der Waals surface area contributed by atoms with Crippen molar-refractivity contribution in [3.8, 4) is 11.5 Å². The second-order valence-corrected chi connectivity index (χ2v) is 9.23. The summed E-state index contributed by atoms with van der Waals surface area (Å²) in [5.74, 6) is -0.403. The number of ether oxygens (including phenoxy) is 4. The Labute approximate surface area is 223 Å². The average molecular weight is 537 g/mol. The Kier molecular flexibility index (Phi) is 8.42. The molecule has 9 nitrogen and oxygen atoms in total. The molecule has 0 saturated carbocycles. The van der Waals surface area contributed by atoms with Gasteiger partial charge in [0.25, 0.3) is 5.56 Å². The van der Waals surface area contributed by atoms with E-state index in [-0.39, 0.29) is 24.3 Å². The zero-order valence-electron chi connectivity index (χ0n) is 21.6. The van der Waals surface area contributed by atoms with Crippen molar-refractivity contribution in [1.82, 2.24) is 4.57 Å². The molecule has 0 fully saturated rings. The van der Waals surface area contributed by atoms with E-state index in [2.05, 4.69) is 9.73 Å². The lowest BCUT2D eigenvalue weighted by molar-refractivity contribution is -0.143. The van der Waals surface area contributed by atoms with Crippen LogP contribution in [0.1, 0.15) is 37.9 Å². The zero-order chi connectivity index (χ0) is 27.2. The first-order chi connectivity index (χ1) is 18.4. The number of carbonyl (C=O) groups excluding carboxylic acids is 2. The minimum absolute atomic E-state index is 0.172. The number of hydrogen-bond acceptors (Lipinski definition) is 9. The van der Waals surface area contributed by atoms with E-state index in [0.717, 1.165) is 5.56 Å². The molecular weight excluding hydrogens is 508 g/mol. The van der Waals surface area contributed by atoms with Gasteiger partial charge in [-0.1, -0.05) is 47.7 Å². The van der Waals surface area contributed by atoms with Gasteiger partial charge in [-0.3, -0.25) is 9.36 Å². The number of carbonyl (C=O) groups is 2. The van der Waals surface area contributed by atoms with Crippen LogP contribution < -0.4 is 24.4 Å². The van der Waals surface area contributed by atoms with Crippen molar-refractivity contribution >= 4 is 29.4 Å². The van der Waals surface area contributed by atoms with Crippen LogP contribution in [-0.2, 0) is 19.1 Å². The Bertz CT molecular complexity index is 1550. The number of thiazole rings is 1. The fraction of sp³-hybridized carbons (Fsp3) is 0.286. The molecule has 0 saturated heterocycles. The molecule has 0 radical (unpaired) electrons. The Morgan fingerprint density at radius 1 is 1.05 bits per heavy atom. The van der Waals surface area contributed by atoms with Crippen molar-refractivity contribution in [3.63, 3.8) is 0 Å². The van der Waals surface area contributed by atoms with Gasteiger partial charge in [-0.15, -0.1) is 0 Å². The summed E-state index contributed by atoms with van der Waals surface area (Å²) >= 11 is 1.25. The van der Waals surface area contributed by atoms with Gasteiger partial charge < -0.3 is 18.9 Å². The van der Waals surface area contributed by atoms with Gasteiger partial charge >= 0.3 is 11.9 Å². The first-order valence-corrected chi connectivity index (χ1v) is 12.9. The van der Waals surface area contributed by atoms with Crippen LogP contribution in [-0.4, -0.2) is 43.4 Å². The Balaban J connectivity index is 1.89. The molecule has 4 rings (SSSR count). The zero-order valence-corrected chi connectivity index (χ0v) is 22.4. The summed E-state index contributed by atoms with van der Waals surface area (Å²) in [6.07, 6.45) is 1.81. The first kappa shape index (κ1) is 26.9. The van der Waals surface area contributed by atoms with Crippen LogP contribution in [0.3, 0.4) is 0 Å². The second kappa shape index (κ2) is 11.9. The molecule has 0 N–H and O–H groups in total. The minimum Gasteiger partial charge on any atom is -0.490 e. The van der Waals surface area contributed by atoms with Crippen molar-refractivity contribution < 1.29 is 28.5 Å². The highest BCUT2D eigenvalue weighted by atomic mass is 32.1. The molecule has 1 atom stereocenters. The van der Waals surface area contributed by atoms with Crippen molar-refractivity contribution in [2.45, 2.75) is 26.8 Å². The number of allylic oxidation sites excluding steroid dienone is 1. The molecule has 0 unspecified atom stereocenters. The highest BCUT2D eigenvalue weighted by molar-refractivity contribution is 7.07. The van der Waals surface area contributed by atoms with Gasteiger partial charge in [0.2, 0.25) is 0 Å². The van der Waals surface area contributed by atoms with E-state index in [1.54, 1.807) is 38.1 Å². The molecule has 0 spiro atoms. The molecule has 1 aliphatic rings. The summed E-state index contributed by atoms with van der Waals surface area (Å²) in [4.78, 5) is 43.5. The van der Waals surface area contributed by atoms with Gasteiger partial charge in [0.1, 0.15) is 0 Å². The quantitative estimate of drug-likeness (QED) is 0.387. The van der Waals surface area contributed by atoms with Crippen LogP contribution in [0.25, 0.3) is 6.08 Å². The summed E-state index contributed by atoms with van der Waals surface area (Å²) in [6, 6.07) is 13.8. The third-order valence-corrected chi connectivity index (χ3v) is 6.75. The number of benzene rings is 2. The van der Waals surface area contributed by atoms with Crippen LogP contribution in [0.5, 0.6) is 11.5 Å². The summed E-state index contributed by atoms with van der Waals surface area (Å²) in [6.45, 7) is 5.47. The van der Waals surface area contributed by atoms with Gasteiger partial charge in [-0.05, 0) is 50.1 Å². The largest absolute Gasteiger partial charge is 0.490 e. The van der Waals surface area contributed by atoms with Gasteiger partial charge in [0.05, 0.1) is 42.2 Å². The Morgan fingerprint density at radius 2 is 1.82 bits per heavy atom. The SMILES string of the molecule is CCOC(=O)C1=C(C)N=c2s/c(=C\c3ccccc3)c(=O)n2[C@@H]1c1ccc(OCC(=O)OC)c(OCC)c1. The molecule has 1 aromatic heterocycles. The third kappa shape index (κ3) is 5.55. The molecule has 198 valence electrons. The molecule has 2 aromatic carbocycles. The van der Waals surface area contributed by atoms with Crippen LogP contribution in [0, 0.1) is 0 Å². The number of rotatable bonds is 9. The standard InChI is InChI=1S/C28H28N2O7S/c1-5-35-21-15-19(12-13-20(21)37-16-23(31)34-4)25-24(27(33)36-6-2)17(3)29-28-30(25)26(32)22(38-28)14-18-10-8-7-9-11-18/h7-15,25H,5-6,16H2,1-4H3/b22-14-/t25-/m1/s1. The number of aromatic nitrogens is 1. The van der Waals surface area contributed by atoms with E-state index in [1.165, 1.54) is 23.0 Å². The highest BCUT2D eigenvalue weighted by Gasteiger charge is 2.34. The maximum atomic E-state index is 13.7. The van der Waals surface area contributed by atoms with E-state index in [9.17, 15) is 14.4 Å². The van der Waals surface area contributed by atoms with E-state index >= 15 is 0 Å². The van der Waals surface area contributed by atoms with Crippen LogP contribution in [0.15, 0.2) is 69.6 Å². The lowest BCUT2D eigenvalue weighted by atomic mass is 9.95. The minimum atomic E-state index is -0.808. The summed E-state index contributed by atoms with van der Waals surface area (Å²) in [7, 11) is 1.28. The smallest absolute Gasteiger partial charge is 0.343 e. The summed E-state index contributed by atoms with van der Waals surface area (Å²) in [5.41, 5.74) is 1.92. The normalized spacial score (nSPS) is 14.9. The molecular formula is C28H28N2O7S. The van der Waals surface area contributed by atoms with Crippen molar-refractivity contribution in [2.24, 2.45) is 4.99 Å². The average Bonchev–Trinajstić information content (AvgIpc) is 3.21. The lowest BCUT2D eigenvalue weighted by Crippen LogP contribution is -2.40. The number of hydrogen-bond donors (Lipinski definition) is 0. The maximum Gasteiger partial charge on any atom is 0.343 e. The molecule has 10 heteroatoms. The van der Waals surface area contributed by atoms with E-state index in [4.69, 9.17) is 14.2 Å². The number of nitrogens with zero attached hydrogens (tertiary/aromatic N) is 2. The second-order valence-electron chi connectivity index (χ2n) is 8.22. The monoisotopic (exact) mass is 536 g/mol. The predicted octanol–water partition coefficient (Wildman–Crippen LogP) is 2.75. The molecule has 0 amide bonds. The third-order valence-electron chi connectivity index (χ3n) is 5.77. The van der Waals surface area contributed by atoms with Crippen LogP contribution >= 0.6 is 11.3 Å². The van der Waals surface area contributed by atoms with Crippen LogP contribution in [0.2, 0.25) is 0 Å². The van der Waals surface area contributed by atoms with Crippen LogP contribution in [0.4, 0.5) is 0 Å². The Morgan fingerprint density at radius 3 is 2.50 bits per heavy atom. The van der Waals surface area contributed by atoms with E-state index in [1.807, 2.05) is 37.3 Å². The molecule has 0 aliphatic carbocycles. The van der Waals surface area contributed by atoms with Gasteiger partial charge in [-0.2, -0.15) is 0 Å². The van der Waals surface area contributed by atoms with Crippen molar-refractivity contribution in [1.29, 1.82) is 0 Å². The van der Waals surface area contributed by atoms with E-state index < -0.39 is 18.0 Å². The molecule has 2 heterocycles. The highest BCUT2D eigenvalue weighted by Crippen LogP contribution is 2.36. The van der Waals surface area contributed by atoms with Gasteiger partial charge in [0, 0.05) is 0 Å². The number of esters is 2. The topological polar surface area (TPSA) is 105 Å². The van der Waals surface area contributed by atoms with Crippen molar-refractivity contribution in [2.75, 3.05) is 26.9 Å². The van der Waals surface area contributed by atoms with E-state index in [0.29, 0.717) is 38.7 Å². The number of methoxy groups -OCH3 is 1. The van der Waals surface area contributed by atoms with Gasteiger partial charge in [-0.25, -0.2) is 14.6 Å². The fourth-order valence-corrected chi connectivity index (χ4v) is 5.13. The predicted molar refractivity (Wildman–Crippen MR) is 142 cm³/mol. The molecule has 3 aromatic rings. The summed E-state index contributed by atoms with van der Waals surface area (Å²) in [5, 5.41) is 0. The van der Waals surface area contributed by atoms with Gasteiger partial charge in [0.15, 0.2) is 22.9 Å². The van der Waals surface area contributed by atoms with Crippen molar-refractivity contribution in [3.05, 3.63) is 90.6 Å². The maximum absolute atomic E-state index is 13.7. The summed E-state index contributed by atoms with van der Waals surface area (Å²) < 4.78 is 23.4. The lowest BCUT2D eigenvalue weighted by Gasteiger charge is -2.25. The molecule has 38 heavy (non-hydrogen) atoms. The fourth-order valence-electron chi connectivity index (χ4n) is 4.09.